The molecular weight excluding hydrogens is 286 g/mol. The van der Waals surface area contributed by atoms with Gasteiger partial charge in [0.1, 0.15) is 0 Å². The summed E-state index contributed by atoms with van der Waals surface area (Å²) in [7, 11) is 1.69. The van der Waals surface area contributed by atoms with Crippen LogP contribution < -0.4 is 0 Å². The highest BCUT2D eigenvalue weighted by Gasteiger charge is 2.47. The third-order valence-electron chi connectivity index (χ3n) is 4.98. The third-order valence-corrected chi connectivity index (χ3v) is 5.22. The third kappa shape index (κ3) is 2.82. The molecule has 0 spiro atoms. The van der Waals surface area contributed by atoms with E-state index in [-0.39, 0.29) is 5.41 Å². The van der Waals surface area contributed by atoms with E-state index in [1.54, 1.807) is 7.11 Å². The molecule has 2 aliphatic rings. The van der Waals surface area contributed by atoms with Crippen LogP contribution >= 0.6 is 11.6 Å². The molecule has 0 unspecified atom stereocenters. The quantitative estimate of drug-likeness (QED) is 0.852. The molecule has 1 amide bonds. The van der Waals surface area contributed by atoms with Crippen molar-refractivity contribution in [3.8, 4) is 0 Å². The molecule has 21 heavy (non-hydrogen) atoms. The molecule has 1 saturated carbocycles. The molecule has 3 rings (SSSR count). The van der Waals surface area contributed by atoms with Crippen LogP contribution in [0.5, 0.6) is 0 Å². The molecule has 1 aliphatic carbocycles. The lowest BCUT2D eigenvalue weighted by Gasteiger charge is -2.42. The summed E-state index contributed by atoms with van der Waals surface area (Å²) in [6.45, 7) is 2.22. The standard InChI is InChI=1S/C17H22ClNO2/c1-21-12-17(7-3-8-17)16(20)19-9-6-14(11-19)13-4-2-5-15(18)10-13/h2,4-5,10,14H,3,6-9,11-12H2,1H3/t14-/m0/s1. The van der Waals surface area contributed by atoms with Crippen molar-refractivity contribution in [1.82, 2.24) is 4.90 Å². The van der Waals surface area contributed by atoms with E-state index in [1.807, 2.05) is 23.1 Å². The van der Waals surface area contributed by atoms with Crippen molar-refractivity contribution in [3.05, 3.63) is 34.9 Å². The zero-order chi connectivity index (χ0) is 14.9. The maximum absolute atomic E-state index is 12.8. The molecule has 1 aliphatic heterocycles. The first-order chi connectivity index (χ1) is 10.1. The second kappa shape index (κ2) is 5.98. The molecular formula is C17H22ClNO2. The average molecular weight is 308 g/mol. The Morgan fingerprint density at radius 2 is 2.29 bits per heavy atom. The Hall–Kier alpha value is -1.06. The summed E-state index contributed by atoms with van der Waals surface area (Å²) in [5.41, 5.74) is 1.00. The first-order valence-corrected chi connectivity index (χ1v) is 8.06. The molecule has 1 heterocycles. The minimum Gasteiger partial charge on any atom is -0.384 e. The van der Waals surface area contributed by atoms with Gasteiger partial charge in [-0.15, -0.1) is 0 Å². The number of rotatable bonds is 4. The van der Waals surface area contributed by atoms with E-state index in [1.165, 1.54) is 5.56 Å². The number of amides is 1. The predicted molar refractivity (Wildman–Crippen MR) is 83.6 cm³/mol. The molecule has 0 N–H and O–H groups in total. The molecule has 1 atom stereocenters. The van der Waals surface area contributed by atoms with Crippen LogP contribution in [0.3, 0.4) is 0 Å². The molecule has 0 radical (unpaired) electrons. The van der Waals surface area contributed by atoms with Crippen molar-refractivity contribution >= 4 is 17.5 Å². The number of nitrogens with zero attached hydrogens (tertiary/aromatic N) is 1. The van der Waals surface area contributed by atoms with E-state index >= 15 is 0 Å². The van der Waals surface area contributed by atoms with Crippen molar-refractivity contribution in [2.75, 3.05) is 26.8 Å². The SMILES string of the molecule is COCC1(C(=O)N2CC[C@H](c3cccc(Cl)c3)C2)CCC1. The van der Waals surface area contributed by atoms with E-state index < -0.39 is 0 Å². The molecule has 2 fully saturated rings. The van der Waals surface area contributed by atoms with Crippen molar-refractivity contribution in [2.24, 2.45) is 5.41 Å². The van der Waals surface area contributed by atoms with Gasteiger partial charge in [-0.05, 0) is 37.0 Å². The van der Waals surface area contributed by atoms with Gasteiger partial charge >= 0.3 is 0 Å². The zero-order valence-electron chi connectivity index (χ0n) is 12.5. The van der Waals surface area contributed by atoms with E-state index in [4.69, 9.17) is 16.3 Å². The van der Waals surface area contributed by atoms with Gasteiger partial charge in [0.25, 0.3) is 0 Å². The van der Waals surface area contributed by atoms with Crippen LogP contribution in [0, 0.1) is 5.41 Å². The average Bonchev–Trinajstić information content (AvgIpc) is 2.92. The maximum Gasteiger partial charge on any atom is 0.231 e. The first-order valence-electron chi connectivity index (χ1n) is 7.68. The number of hydrogen-bond donors (Lipinski definition) is 0. The van der Waals surface area contributed by atoms with E-state index in [0.717, 1.165) is 43.8 Å². The number of hydrogen-bond acceptors (Lipinski definition) is 2. The Morgan fingerprint density at radius 3 is 2.90 bits per heavy atom. The summed E-state index contributed by atoms with van der Waals surface area (Å²) < 4.78 is 5.29. The monoisotopic (exact) mass is 307 g/mol. The predicted octanol–water partition coefficient (Wildman–Crippen LogP) is 3.47. The van der Waals surface area contributed by atoms with Gasteiger partial charge in [-0.3, -0.25) is 4.79 Å². The largest absolute Gasteiger partial charge is 0.384 e. The van der Waals surface area contributed by atoms with Crippen LogP contribution in [0.4, 0.5) is 0 Å². The molecule has 114 valence electrons. The fourth-order valence-corrected chi connectivity index (χ4v) is 3.81. The maximum atomic E-state index is 12.8. The van der Waals surface area contributed by atoms with E-state index in [0.29, 0.717) is 18.4 Å². The Kier molecular flexibility index (Phi) is 4.23. The van der Waals surface area contributed by atoms with Crippen molar-refractivity contribution in [2.45, 2.75) is 31.6 Å². The normalized spacial score (nSPS) is 23.9. The summed E-state index contributed by atoms with van der Waals surface area (Å²) in [5, 5.41) is 0.770. The minimum atomic E-state index is -0.238. The lowest BCUT2D eigenvalue weighted by atomic mass is 9.68. The molecule has 0 bridgehead atoms. The molecule has 0 aromatic heterocycles. The lowest BCUT2D eigenvalue weighted by Crippen LogP contribution is -2.49. The summed E-state index contributed by atoms with van der Waals surface area (Å²) >= 11 is 6.07. The highest BCUT2D eigenvalue weighted by Crippen LogP contribution is 2.44. The van der Waals surface area contributed by atoms with Gasteiger partial charge in [-0.1, -0.05) is 30.2 Å². The number of carbonyl (C=O) groups excluding carboxylic acids is 1. The fourth-order valence-electron chi connectivity index (χ4n) is 3.61. The van der Waals surface area contributed by atoms with Crippen LogP contribution in [0.25, 0.3) is 0 Å². The van der Waals surface area contributed by atoms with Crippen molar-refractivity contribution in [3.63, 3.8) is 0 Å². The van der Waals surface area contributed by atoms with Gasteiger partial charge in [-0.25, -0.2) is 0 Å². The van der Waals surface area contributed by atoms with E-state index in [2.05, 4.69) is 6.07 Å². The minimum absolute atomic E-state index is 0.238. The highest BCUT2D eigenvalue weighted by molar-refractivity contribution is 6.30. The summed E-state index contributed by atoms with van der Waals surface area (Å²) in [6, 6.07) is 8.01. The number of halogens is 1. The highest BCUT2D eigenvalue weighted by atomic mass is 35.5. The molecule has 3 nitrogen and oxygen atoms in total. The summed E-state index contributed by atoms with van der Waals surface area (Å²) in [5.74, 6) is 0.701. The van der Waals surface area contributed by atoms with E-state index in [9.17, 15) is 4.79 Å². The molecule has 1 aromatic rings. The second-order valence-electron chi connectivity index (χ2n) is 6.36. The second-order valence-corrected chi connectivity index (χ2v) is 6.80. The zero-order valence-corrected chi connectivity index (χ0v) is 13.2. The Morgan fingerprint density at radius 1 is 1.48 bits per heavy atom. The number of likely N-dealkylation sites (tertiary alicyclic amines) is 1. The number of methoxy groups -OCH3 is 1. The Bertz CT molecular complexity index is 527. The van der Waals surface area contributed by atoms with Crippen LogP contribution in [-0.2, 0) is 9.53 Å². The molecule has 1 saturated heterocycles. The summed E-state index contributed by atoms with van der Waals surface area (Å²) in [6.07, 6.45) is 4.10. The fraction of sp³-hybridized carbons (Fsp3) is 0.588. The van der Waals surface area contributed by atoms with Crippen LogP contribution in [-0.4, -0.2) is 37.6 Å². The Labute approximate surface area is 131 Å². The number of ether oxygens (including phenoxy) is 1. The van der Waals surface area contributed by atoms with Crippen molar-refractivity contribution in [1.29, 1.82) is 0 Å². The van der Waals surface area contributed by atoms with Crippen LogP contribution in [0.2, 0.25) is 5.02 Å². The summed E-state index contributed by atoms with van der Waals surface area (Å²) in [4.78, 5) is 14.8. The molecule has 1 aromatic carbocycles. The lowest BCUT2D eigenvalue weighted by molar-refractivity contribution is -0.151. The van der Waals surface area contributed by atoms with Crippen LogP contribution in [0.15, 0.2) is 24.3 Å². The number of carbonyl (C=O) groups is 1. The number of benzene rings is 1. The van der Waals surface area contributed by atoms with Gasteiger partial charge < -0.3 is 9.64 Å². The van der Waals surface area contributed by atoms with Crippen molar-refractivity contribution < 1.29 is 9.53 Å². The van der Waals surface area contributed by atoms with Gasteiger partial charge in [0, 0.05) is 31.1 Å². The Balaban J connectivity index is 1.68. The molecule has 4 heteroatoms. The first kappa shape index (κ1) is 14.9. The topological polar surface area (TPSA) is 29.5 Å². The van der Waals surface area contributed by atoms with Gasteiger partial charge in [-0.2, -0.15) is 0 Å². The van der Waals surface area contributed by atoms with Gasteiger partial charge in [0.2, 0.25) is 5.91 Å². The van der Waals surface area contributed by atoms with Gasteiger partial charge in [0.05, 0.1) is 12.0 Å². The van der Waals surface area contributed by atoms with Crippen LogP contribution in [0.1, 0.15) is 37.2 Å². The van der Waals surface area contributed by atoms with Gasteiger partial charge in [0.15, 0.2) is 0 Å². The smallest absolute Gasteiger partial charge is 0.231 e.